The molecule has 0 aliphatic carbocycles. The number of unbranched alkanes of at least 4 members (excludes halogenated alkanes) is 1. The predicted octanol–water partition coefficient (Wildman–Crippen LogP) is 2.52. The van der Waals surface area contributed by atoms with Crippen LogP contribution >= 0.6 is 0 Å². The highest BCUT2D eigenvalue weighted by Crippen LogP contribution is 2.31. The Morgan fingerprint density at radius 3 is 2.69 bits per heavy atom. The van der Waals surface area contributed by atoms with Crippen LogP contribution in [0.4, 0.5) is 20.5 Å². The number of dihydropyridines is 1. The molecule has 14 heteroatoms. The van der Waals surface area contributed by atoms with Gasteiger partial charge in [-0.3, -0.25) is 4.98 Å². The number of fused-ring (bicyclic) bond motifs is 2. The molecule has 0 saturated carbocycles. The van der Waals surface area contributed by atoms with Crippen LogP contribution in [-0.4, -0.2) is 73.3 Å². The Labute approximate surface area is 243 Å². The standard InChI is InChI=1S/C28H40F2N10O2/c1-3-5-10-27(17-42,39-24-21-19(8-6-12-33-21)36-25(31)37-24)11-14-40-20-9-7-13-34-22(20)23(38-26(40)32)35-18(16-41)15-28(29,30)4-2/h6-9,12-13,18,34-35,41-42H,3-5,10-11,14-17H2,1-2H3,(H2,32,38)(H3,31,36,37,39)/t18-,27?/m1/s1. The maximum Gasteiger partial charge on any atom is 0.249 e. The van der Waals surface area contributed by atoms with Gasteiger partial charge in [0.25, 0.3) is 0 Å². The largest absolute Gasteiger partial charge is 0.394 e. The summed E-state index contributed by atoms with van der Waals surface area (Å²) < 4.78 is 28.2. The van der Waals surface area contributed by atoms with Gasteiger partial charge in [-0.1, -0.05) is 26.7 Å². The van der Waals surface area contributed by atoms with Crippen LogP contribution in [0.25, 0.3) is 11.0 Å². The number of nitrogens with two attached hydrogens (primary N) is 2. The number of nitrogen functional groups attached to an aromatic ring is 1. The minimum atomic E-state index is -2.94. The molecule has 2 aliphatic heterocycles. The zero-order valence-corrected chi connectivity index (χ0v) is 23.9. The van der Waals surface area contributed by atoms with E-state index in [1.807, 2.05) is 6.08 Å². The summed E-state index contributed by atoms with van der Waals surface area (Å²) in [5, 5.41) is 30.0. The fourth-order valence-corrected chi connectivity index (χ4v) is 5.01. The SMILES string of the molecule is CCCCC(CO)(CCN1C2=CC=CNC2=C(N[C@@H](CO)CC(F)(F)CC)N=C1N)Nc1nc(N)nc2cccnc12. The highest BCUT2D eigenvalue weighted by molar-refractivity contribution is 5.86. The van der Waals surface area contributed by atoms with Crippen LogP contribution < -0.4 is 27.4 Å². The third-order valence-electron chi connectivity index (χ3n) is 7.47. The Bertz CT molecular complexity index is 1380. The first-order valence-corrected chi connectivity index (χ1v) is 14.2. The fraction of sp³-hybridized carbons (Fsp3) is 0.500. The zero-order valence-electron chi connectivity index (χ0n) is 23.9. The zero-order chi connectivity index (χ0) is 30.3. The number of halogens is 2. The van der Waals surface area contributed by atoms with Gasteiger partial charge in [-0.25, -0.2) is 13.8 Å². The first-order valence-electron chi connectivity index (χ1n) is 14.2. The molecule has 0 saturated heterocycles. The Morgan fingerprint density at radius 2 is 1.98 bits per heavy atom. The summed E-state index contributed by atoms with van der Waals surface area (Å²) in [5.41, 5.74) is 13.9. The molecule has 0 aromatic carbocycles. The number of aliphatic hydroxyl groups is 2. The number of alkyl halides is 2. The van der Waals surface area contributed by atoms with Crippen molar-refractivity contribution < 1.29 is 19.0 Å². The van der Waals surface area contributed by atoms with E-state index >= 15 is 0 Å². The van der Waals surface area contributed by atoms with E-state index in [1.165, 1.54) is 6.92 Å². The number of guanidine groups is 1. The van der Waals surface area contributed by atoms with Gasteiger partial charge in [0.2, 0.25) is 17.8 Å². The van der Waals surface area contributed by atoms with Crippen molar-refractivity contribution in [3.63, 3.8) is 0 Å². The highest BCUT2D eigenvalue weighted by Gasteiger charge is 2.35. The lowest BCUT2D eigenvalue weighted by Gasteiger charge is -2.39. The van der Waals surface area contributed by atoms with Crippen molar-refractivity contribution in [2.24, 2.45) is 10.7 Å². The molecular weight excluding hydrogens is 546 g/mol. The predicted molar refractivity (Wildman–Crippen MR) is 159 cm³/mol. The smallest absolute Gasteiger partial charge is 0.249 e. The molecule has 2 aromatic rings. The topological polar surface area (TPSA) is 183 Å². The van der Waals surface area contributed by atoms with E-state index in [4.69, 9.17) is 11.5 Å². The molecule has 0 bridgehead atoms. The number of allylic oxidation sites excluding steroid dienone is 2. The maximum atomic E-state index is 14.1. The average Bonchev–Trinajstić information content (AvgIpc) is 2.98. The van der Waals surface area contributed by atoms with Crippen LogP contribution in [0.2, 0.25) is 0 Å². The number of pyridine rings is 1. The van der Waals surface area contributed by atoms with Crippen LogP contribution in [0.15, 0.2) is 58.9 Å². The molecule has 4 rings (SSSR count). The second-order valence-corrected chi connectivity index (χ2v) is 10.6. The third kappa shape index (κ3) is 7.05. The molecule has 0 radical (unpaired) electrons. The number of nitrogens with zero attached hydrogens (tertiary/aromatic N) is 5. The van der Waals surface area contributed by atoms with Crippen LogP contribution in [0, 0.1) is 0 Å². The van der Waals surface area contributed by atoms with Crippen molar-refractivity contribution in [2.75, 3.05) is 30.8 Å². The van der Waals surface area contributed by atoms with Crippen molar-refractivity contribution in [3.05, 3.63) is 53.9 Å². The summed E-state index contributed by atoms with van der Waals surface area (Å²) in [6, 6.07) is 2.63. The number of hydrogen-bond donors (Lipinski definition) is 7. The van der Waals surface area contributed by atoms with Crippen molar-refractivity contribution in [1.82, 2.24) is 30.5 Å². The summed E-state index contributed by atoms with van der Waals surface area (Å²) in [6.45, 7) is 3.13. The van der Waals surface area contributed by atoms with E-state index in [9.17, 15) is 19.0 Å². The molecule has 2 aliphatic rings. The van der Waals surface area contributed by atoms with E-state index in [2.05, 4.69) is 42.8 Å². The van der Waals surface area contributed by atoms with Gasteiger partial charge in [0.05, 0.1) is 36.0 Å². The van der Waals surface area contributed by atoms with E-state index in [0.29, 0.717) is 47.6 Å². The average molecular weight is 587 g/mol. The molecule has 2 atom stereocenters. The third-order valence-corrected chi connectivity index (χ3v) is 7.47. The van der Waals surface area contributed by atoms with Gasteiger partial charge in [-0.05, 0) is 37.1 Å². The lowest BCUT2D eigenvalue weighted by molar-refractivity contribution is -0.0249. The number of rotatable bonds is 15. The van der Waals surface area contributed by atoms with Crippen LogP contribution in [0.3, 0.4) is 0 Å². The summed E-state index contributed by atoms with van der Waals surface area (Å²) in [5.74, 6) is -2.02. The van der Waals surface area contributed by atoms with E-state index in [1.54, 1.807) is 35.5 Å². The minimum Gasteiger partial charge on any atom is -0.394 e. The lowest BCUT2D eigenvalue weighted by atomic mass is 9.89. The van der Waals surface area contributed by atoms with Crippen molar-refractivity contribution in [2.45, 2.75) is 69.9 Å². The highest BCUT2D eigenvalue weighted by atomic mass is 19.3. The molecule has 9 N–H and O–H groups in total. The maximum absolute atomic E-state index is 14.1. The van der Waals surface area contributed by atoms with Crippen LogP contribution in [0.1, 0.15) is 52.4 Å². The number of nitrogens with one attached hydrogen (secondary N) is 3. The molecular formula is C28H40F2N10O2. The van der Waals surface area contributed by atoms with E-state index < -0.39 is 30.5 Å². The molecule has 2 aromatic heterocycles. The van der Waals surface area contributed by atoms with Gasteiger partial charge in [0.1, 0.15) is 11.2 Å². The van der Waals surface area contributed by atoms with Gasteiger partial charge < -0.3 is 42.5 Å². The van der Waals surface area contributed by atoms with Crippen molar-refractivity contribution >= 4 is 28.8 Å². The second-order valence-electron chi connectivity index (χ2n) is 10.6. The van der Waals surface area contributed by atoms with Gasteiger partial charge >= 0.3 is 0 Å². The number of hydrogen-bond acceptors (Lipinski definition) is 12. The minimum absolute atomic E-state index is 0.0886. The Kier molecular flexibility index (Phi) is 9.78. The number of anilines is 2. The van der Waals surface area contributed by atoms with Gasteiger partial charge in [0.15, 0.2) is 11.6 Å². The first-order chi connectivity index (χ1) is 20.1. The fourth-order valence-electron chi connectivity index (χ4n) is 5.01. The van der Waals surface area contributed by atoms with Gasteiger partial charge in [-0.2, -0.15) is 9.98 Å². The van der Waals surface area contributed by atoms with Crippen molar-refractivity contribution in [3.8, 4) is 0 Å². The summed E-state index contributed by atoms with van der Waals surface area (Å²) >= 11 is 0. The summed E-state index contributed by atoms with van der Waals surface area (Å²) in [6.07, 6.45) is 8.88. The summed E-state index contributed by atoms with van der Waals surface area (Å²) in [4.78, 5) is 19.4. The normalized spacial score (nSPS) is 17.2. The molecule has 1 unspecified atom stereocenters. The van der Waals surface area contributed by atoms with Crippen molar-refractivity contribution in [1.29, 1.82) is 0 Å². The number of aliphatic imine (C=N–C) groups is 1. The van der Waals surface area contributed by atoms with E-state index in [-0.39, 0.29) is 30.8 Å². The molecule has 4 heterocycles. The number of aliphatic hydroxyl groups excluding tert-OH is 2. The molecule has 0 spiro atoms. The molecule has 42 heavy (non-hydrogen) atoms. The second kappa shape index (κ2) is 13.3. The molecule has 0 amide bonds. The number of aromatic nitrogens is 3. The van der Waals surface area contributed by atoms with Crippen LogP contribution in [-0.2, 0) is 0 Å². The Morgan fingerprint density at radius 1 is 1.17 bits per heavy atom. The Hall–Kier alpha value is -4.04. The quantitative estimate of drug-likeness (QED) is 0.163. The van der Waals surface area contributed by atoms with E-state index in [0.717, 1.165) is 12.8 Å². The van der Waals surface area contributed by atoms with Crippen LogP contribution in [0.5, 0.6) is 0 Å². The Balaban J connectivity index is 1.60. The first kappa shape index (κ1) is 30.9. The monoisotopic (exact) mass is 586 g/mol. The lowest BCUT2D eigenvalue weighted by Crippen LogP contribution is -2.50. The molecule has 0 fully saturated rings. The van der Waals surface area contributed by atoms with Gasteiger partial charge in [0, 0.05) is 31.8 Å². The summed E-state index contributed by atoms with van der Waals surface area (Å²) in [7, 11) is 0. The van der Waals surface area contributed by atoms with Gasteiger partial charge in [-0.15, -0.1) is 0 Å². The molecule has 228 valence electrons. The molecule has 12 nitrogen and oxygen atoms in total.